The first-order valence-corrected chi connectivity index (χ1v) is 10.3. The minimum atomic E-state index is -0.293. The third-order valence-electron chi connectivity index (χ3n) is 4.88. The van der Waals surface area contributed by atoms with Crippen molar-refractivity contribution in [1.82, 2.24) is 25.3 Å². The fourth-order valence-electron chi connectivity index (χ4n) is 3.30. The highest BCUT2D eigenvalue weighted by atomic mass is 19.1. The number of aryl methyl sites for hydroxylation is 1. The average molecular weight is 446 g/mol. The molecule has 2 N–H and O–H groups in total. The van der Waals surface area contributed by atoms with Crippen LogP contribution in [0.25, 0.3) is 0 Å². The second kappa shape index (κ2) is 9.90. The van der Waals surface area contributed by atoms with Gasteiger partial charge in [-0.15, -0.1) is 5.10 Å². The van der Waals surface area contributed by atoms with Gasteiger partial charge in [0.25, 0.3) is 5.91 Å². The smallest absolute Gasteiger partial charge is 0.255 e. The SMILES string of the molecule is COc1cc(C)cc(Nc2ncccc2C(=O)NCc2cn(Cc3ccc(F)cc3)nn2)c1. The highest BCUT2D eigenvalue weighted by Gasteiger charge is 2.14. The third kappa shape index (κ3) is 5.70. The van der Waals surface area contributed by atoms with E-state index in [1.165, 1.54) is 12.1 Å². The van der Waals surface area contributed by atoms with E-state index >= 15 is 0 Å². The second-order valence-electron chi connectivity index (χ2n) is 7.48. The van der Waals surface area contributed by atoms with Crippen molar-refractivity contribution in [3.63, 3.8) is 0 Å². The predicted molar refractivity (Wildman–Crippen MR) is 122 cm³/mol. The molecule has 2 heterocycles. The number of halogens is 1. The van der Waals surface area contributed by atoms with Crippen LogP contribution in [-0.2, 0) is 13.1 Å². The zero-order valence-corrected chi connectivity index (χ0v) is 18.2. The molecule has 0 atom stereocenters. The van der Waals surface area contributed by atoms with E-state index in [2.05, 4.69) is 25.9 Å². The average Bonchev–Trinajstić information content (AvgIpc) is 3.26. The number of anilines is 2. The molecule has 0 radical (unpaired) electrons. The van der Waals surface area contributed by atoms with Crippen LogP contribution in [0.5, 0.6) is 5.75 Å². The van der Waals surface area contributed by atoms with Crippen molar-refractivity contribution in [2.24, 2.45) is 0 Å². The molecule has 4 rings (SSSR count). The van der Waals surface area contributed by atoms with Crippen molar-refractivity contribution in [2.75, 3.05) is 12.4 Å². The number of nitrogens with zero attached hydrogens (tertiary/aromatic N) is 4. The maximum Gasteiger partial charge on any atom is 0.255 e. The summed E-state index contributed by atoms with van der Waals surface area (Å²) >= 11 is 0. The number of carbonyl (C=O) groups excluding carboxylic acids is 1. The Balaban J connectivity index is 1.41. The van der Waals surface area contributed by atoms with Crippen molar-refractivity contribution in [3.05, 3.63) is 95.2 Å². The third-order valence-corrected chi connectivity index (χ3v) is 4.88. The summed E-state index contributed by atoms with van der Waals surface area (Å²) in [5.41, 5.74) is 3.69. The molecule has 0 aliphatic rings. The summed E-state index contributed by atoms with van der Waals surface area (Å²) in [5.74, 6) is 0.565. The molecule has 9 heteroatoms. The number of amides is 1. The van der Waals surface area contributed by atoms with Gasteiger partial charge >= 0.3 is 0 Å². The van der Waals surface area contributed by atoms with Gasteiger partial charge in [-0.2, -0.15) is 0 Å². The van der Waals surface area contributed by atoms with Crippen molar-refractivity contribution >= 4 is 17.4 Å². The van der Waals surface area contributed by atoms with Gasteiger partial charge < -0.3 is 15.4 Å². The summed E-state index contributed by atoms with van der Waals surface area (Å²) in [5, 5.41) is 14.2. The number of benzene rings is 2. The van der Waals surface area contributed by atoms with Crippen molar-refractivity contribution < 1.29 is 13.9 Å². The van der Waals surface area contributed by atoms with Gasteiger partial charge in [0.2, 0.25) is 0 Å². The Bertz CT molecular complexity index is 1260. The number of hydrogen-bond donors (Lipinski definition) is 2. The van der Waals surface area contributed by atoms with Gasteiger partial charge in [0.1, 0.15) is 23.1 Å². The zero-order chi connectivity index (χ0) is 23.2. The molecule has 168 valence electrons. The number of aromatic nitrogens is 4. The first-order valence-electron chi connectivity index (χ1n) is 10.3. The Morgan fingerprint density at radius 1 is 1.15 bits per heavy atom. The quantitative estimate of drug-likeness (QED) is 0.427. The monoisotopic (exact) mass is 446 g/mol. The maximum absolute atomic E-state index is 13.1. The first kappa shape index (κ1) is 21.9. The Morgan fingerprint density at radius 2 is 1.97 bits per heavy atom. The first-order chi connectivity index (χ1) is 16.0. The molecule has 4 aromatic rings. The molecule has 8 nitrogen and oxygen atoms in total. The summed E-state index contributed by atoms with van der Waals surface area (Å²) in [6.45, 7) is 2.62. The van der Waals surface area contributed by atoms with Crippen LogP contribution >= 0.6 is 0 Å². The number of ether oxygens (including phenoxy) is 1. The number of hydrogen-bond acceptors (Lipinski definition) is 6. The lowest BCUT2D eigenvalue weighted by Crippen LogP contribution is -2.24. The van der Waals surface area contributed by atoms with Crippen LogP contribution in [0.1, 0.15) is 27.2 Å². The lowest BCUT2D eigenvalue weighted by atomic mass is 10.2. The van der Waals surface area contributed by atoms with E-state index in [9.17, 15) is 9.18 Å². The van der Waals surface area contributed by atoms with E-state index < -0.39 is 0 Å². The molecule has 0 aliphatic carbocycles. The van der Waals surface area contributed by atoms with Crippen LogP contribution in [0.15, 0.2) is 67.0 Å². The van der Waals surface area contributed by atoms with E-state index in [1.54, 1.807) is 48.5 Å². The van der Waals surface area contributed by atoms with Crippen LogP contribution in [0.2, 0.25) is 0 Å². The maximum atomic E-state index is 13.1. The number of carbonyl (C=O) groups is 1. The Morgan fingerprint density at radius 3 is 2.76 bits per heavy atom. The minimum absolute atomic E-state index is 0.203. The molecule has 0 saturated heterocycles. The summed E-state index contributed by atoms with van der Waals surface area (Å²) in [4.78, 5) is 17.2. The van der Waals surface area contributed by atoms with Gasteiger partial charge in [-0.1, -0.05) is 17.3 Å². The van der Waals surface area contributed by atoms with Crippen LogP contribution in [0, 0.1) is 12.7 Å². The van der Waals surface area contributed by atoms with Gasteiger partial charge in [-0.05, 0) is 54.4 Å². The van der Waals surface area contributed by atoms with E-state index in [4.69, 9.17) is 4.74 Å². The molecule has 33 heavy (non-hydrogen) atoms. The fraction of sp³-hybridized carbons (Fsp3) is 0.167. The summed E-state index contributed by atoms with van der Waals surface area (Å²) < 4.78 is 20.0. The highest BCUT2D eigenvalue weighted by molar-refractivity contribution is 5.99. The van der Waals surface area contributed by atoms with E-state index in [-0.39, 0.29) is 18.3 Å². The summed E-state index contributed by atoms with van der Waals surface area (Å²) in [6.07, 6.45) is 3.36. The Hall–Kier alpha value is -4.27. The number of methoxy groups -OCH3 is 1. The molecule has 0 unspecified atom stereocenters. The van der Waals surface area contributed by atoms with E-state index in [0.29, 0.717) is 29.4 Å². The van der Waals surface area contributed by atoms with Crippen LogP contribution < -0.4 is 15.4 Å². The Kier molecular flexibility index (Phi) is 6.58. The van der Waals surface area contributed by atoms with Gasteiger partial charge in [0.15, 0.2) is 0 Å². The van der Waals surface area contributed by atoms with Gasteiger partial charge in [-0.25, -0.2) is 14.1 Å². The molecule has 1 amide bonds. The second-order valence-corrected chi connectivity index (χ2v) is 7.48. The molecular formula is C24H23FN6O2. The van der Waals surface area contributed by atoms with Gasteiger partial charge in [0.05, 0.1) is 32.0 Å². The lowest BCUT2D eigenvalue weighted by Gasteiger charge is -2.12. The van der Waals surface area contributed by atoms with Crippen LogP contribution in [0.3, 0.4) is 0 Å². The normalized spacial score (nSPS) is 10.6. The Labute approximate surface area is 190 Å². The van der Waals surface area contributed by atoms with Crippen molar-refractivity contribution in [3.8, 4) is 5.75 Å². The lowest BCUT2D eigenvalue weighted by molar-refractivity contribution is 0.0951. The predicted octanol–water partition coefficient (Wildman–Crippen LogP) is 3.85. The summed E-state index contributed by atoms with van der Waals surface area (Å²) in [7, 11) is 1.61. The number of rotatable bonds is 8. The standard InChI is InChI=1S/C24H23FN6O2/c1-16-10-19(12-21(11-16)33-2)28-23-22(4-3-9-26-23)24(32)27-13-20-15-31(30-29-20)14-17-5-7-18(25)8-6-17/h3-12,15H,13-14H2,1-2H3,(H,26,28)(H,27,32). The van der Waals surface area contributed by atoms with Crippen molar-refractivity contribution in [1.29, 1.82) is 0 Å². The largest absolute Gasteiger partial charge is 0.497 e. The minimum Gasteiger partial charge on any atom is -0.497 e. The topological polar surface area (TPSA) is 94.0 Å². The number of pyridine rings is 1. The van der Waals surface area contributed by atoms with E-state index in [1.807, 2.05) is 25.1 Å². The fourth-order valence-corrected chi connectivity index (χ4v) is 3.30. The molecule has 0 bridgehead atoms. The highest BCUT2D eigenvalue weighted by Crippen LogP contribution is 2.24. The van der Waals surface area contributed by atoms with Crippen LogP contribution in [0.4, 0.5) is 15.9 Å². The molecule has 0 aliphatic heterocycles. The van der Waals surface area contributed by atoms with Crippen LogP contribution in [-0.4, -0.2) is 33.0 Å². The molecule has 0 fully saturated rings. The molecular weight excluding hydrogens is 423 g/mol. The van der Waals surface area contributed by atoms with Gasteiger partial charge in [-0.3, -0.25) is 4.79 Å². The van der Waals surface area contributed by atoms with Gasteiger partial charge in [0, 0.05) is 18.0 Å². The zero-order valence-electron chi connectivity index (χ0n) is 18.2. The number of nitrogens with one attached hydrogen (secondary N) is 2. The molecule has 2 aromatic carbocycles. The summed E-state index contributed by atoms with van der Waals surface area (Å²) in [6, 6.07) is 15.3. The van der Waals surface area contributed by atoms with Crippen molar-refractivity contribution in [2.45, 2.75) is 20.0 Å². The van der Waals surface area contributed by atoms with E-state index in [0.717, 1.165) is 16.8 Å². The molecule has 0 spiro atoms. The molecule has 2 aromatic heterocycles. The molecule has 0 saturated carbocycles.